The summed E-state index contributed by atoms with van der Waals surface area (Å²) in [6, 6.07) is 17.3. The molecule has 1 aromatic heterocycles. The number of hydrogen-bond donors (Lipinski definition) is 2. The van der Waals surface area contributed by atoms with Gasteiger partial charge in [-0.2, -0.15) is 0 Å². The van der Waals surface area contributed by atoms with Gasteiger partial charge in [-0.3, -0.25) is 0 Å². The fraction of sp³-hybridized carbons (Fsp3) is 0.304. The zero-order valence-electron chi connectivity index (χ0n) is 17.1. The van der Waals surface area contributed by atoms with Crippen LogP contribution in [0.2, 0.25) is 0 Å². The molecule has 2 atom stereocenters. The van der Waals surface area contributed by atoms with Crippen LogP contribution >= 0.6 is 0 Å². The van der Waals surface area contributed by atoms with Crippen molar-refractivity contribution < 1.29 is 9.53 Å². The summed E-state index contributed by atoms with van der Waals surface area (Å²) in [5, 5.41) is 6.11. The molecule has 6 heteroatoms. The lowest BCUT2D eigenvalue weighted by Crippen LogP contribution is -2.43. The van der Waals surface area contributed by atoms with E-state index in [4.69, 9.17) is 4.74 Å². The summed E-state index contributed by atoms with van der Waals surface area (Å²) in [6.45, 7) is 2.02. The van der Waals surface area contributed by atoms with E-state index in [-0.39, 0.29) is 12.1 Å². The highest BCUT2D eigenvalue weighted by Gasteiger charge is 2.24. The minimum Gasteiger partial charge on any atom is -0.496 e. The van der Waals surface area contributed by atoms with E-state index in [9.17, 15) is 4.79 Å². The van der Waals surface area contributed by atoms with Crippen LogP contribution in [0.5, 0.6) is 5.75 Å². The van der Waals surface area contributed by atoms with Gasteiger partial charge < -0.3 is 19.9 Å². The summed E-state index contributed by atoms with van der Waals surface area (Å²) >= 11 is 0. The zero-order valence-corrected chi connectivity index (χ0v) is 17.1. The lowest BCUT2D eigenvalue weighted by atomic mass is 10.0. The summed E-state index contributed by atoms with van der Waals surface area (Å²) in [4.78, 5) is 17.2. The Hall–Kier alpha value is -3.28. The number of hydrogen-bond acceptors (Lipinski definition) is 3. The van der Waals surface area contributed by atoms with Crippen LogP contribution in [-0.2, 0) is 13.5 Å². The van der Waals surface area contributed by atoms with Crippen molar-refractivity contribution in [3.8, 4) is 5.75 Å². The van der Waals surface area contributed by atoms with E-state index in [2.05, 4.69) is 27.8 Å². The minimum atomic E-state index is -0.424. The molecule has 0 aliphatic rings. The third-order valence-corrected chi connectivity index (χ3v) is 4.93. The second-order valence-corrected chi connectivity index (χ2v) is 7.11. The molecule has 152 valence electrons. The molecule has 2 N–H and O–H groups in total. The average molecular weight is 393 g/mol. The van der Waals surface area contributed by atoms with Crippen molar-refractivity contribution in [2.24, 2.45) is 7.05 Å². The number of methoxy groups -OCH3 is 1. The molecule has 3 rings (SSSR count). The summed E-state index contributed by atoms with van der Waals surface area (Å²) in [5.41, 5.74) is 2.12. The molecule has 0 spiro atoms. The molecule has 0 aliphatic carbocycles. The van der Waals surface area contributed by atoms with Gasteiger partial charge in [-0.25, -0.2) is 9.78 Å². The van der Waals surface area contributed by atoms with Crippen LogP contribution in [0.15, 0.2) is 67.0 Å². The number of ether oxygens (including phenoxy) is 1. The molecule has 0 fully saturated rings. The third kappa shape index (κ3) is 5.38. The van der Waals surface area contributed by atoms with Gasteiger partial charge >= 0.3 is 6.03 Å². The quantitative estimate of drug-likeness (QED) is 0.612. The van der Waals surface area contributed by atoms with Crippen molar-refractivity contribution in [2.45, 2.75) is 31.8 Å². The second-order valence-electron chi connectivity index (χ2n) is 7.11. The number of benzene rings is 2. The van der Waals surface area contributed by atoms with E-state index < -0.39 is 6.04 Å². The first-order valence-electron chi connectivity index (χ1n) is 9.79. The highest BCUT2D eigenvalue weighted by molar-refractivity contribution is 5.75. The van der Waals surface area contributed by atoms with Crippen LogP contribution in [0.25, 0.3) is 0 Å². The maximum atomic E-state index is 12.8. The molecule has 3 aromatic rings. The minimum absolute atomic E-state index is 0.0369. The number of rotatable bonds is 8. The van der Waals surface area contributed by atoms with Crippen molar-refractivity contribution in [3.63, 3.8) is 0 Å². The van der Waals surface area contributed by atoms with Crippen molar-refractivity contribution in [1.82, 2.24) is 20.2 Å². The predicted molar refractivity (Wildman–Crippen MR) is 114 cm³/mol. The molecular formula is C23H28N4O2. The maximum absolute atomic E-state index is 12.8. The normalized spacial score (nSPS) is 12.8. The van der Waals surface area contributed by atoms with Gasteiger partial charge in [0.2, 0.25) is 0 Å². The summed E-state index contributed by atoms with van der Waals surface area (Å²) < 4.78 is 7.40. The van der Waals surface area contributed by atoms with Crippen molar-refractivity contribution in [1.29, 1.82) is 0 Å². The summed E-state index contributed by atoms with van der Waals surface area (Å²) in [5.74, 6) is 1.44. The Morgan fingerprint density at radius 1 is 1.10 bits per heavy atom. The number of nitrogens with zero attached hydrogens (tertiary/aromatic N) is 2. The van der Waals surface area contributed by atoms with Crippen LogP contribution in [-0.4, -0.2) is 28.7 Å². The largest absolute Gasteiger partial charge is 0.496 e. The number of para-hydroxylation sites is 1. The van der Waals surface area contributed by atoms with Gasteiger partial charge in [0.05, 0.1) is 7.11 Å². The Kier molecular flexibility index (Phi) is 6.89. The molecule has 2 aromatic carbocycles. The van der Waals surface area contributed by atoms with E-state index in [1.54, 1.807) is 13.3 Å². The third-order valence-electron chi connectivity index (χ3n) is 4.93. The van der Waals surface area contributed by atoms with Crippen LogP contribution in [0.4, 0.5) is 4.79 Å². The number of amides is 2. The molecule has 1 heterocycles. The van der Waals surface area contributed by atoms with Gasteiger partial charge in [0, 0.05) is 31.0 Å². The second kappa shape index (κ2) is 9.78. The number of nitrogens with one attached hydrogen (secondary N) is 2. The van der Waals surface area contributed by atoms with Crippen molar-refractivity contribution in [2.75, 3.05) is 7.11 Å². The van der Waals surface area contributed by atoms with Gasteiger partial charge in [-0.15, -0.1) is 0 Å². The van der Waals surface area contributed by atoms with E-state index in [1.807, 2.05) is 67.2 Å². The fourth-order valence-electron chi connectivity index (χ4n) is 3.34. The average Bonchev–Trinajstić information content (AvgIpc) is 3.17. The first-order chi connectivity index (χ1) is 14.1. The van der Waals surface area contributed by atoms with E-state index >= 15 is 0 Å². The lowest BCUT2D eigenvalue weighted by Gasteiger charge is -2.23. The predicted octanol–water partition coefficient (Wildman–Crippen LogP) is 3.84. The molecule has 0 aliphatic heterocycles. The highest BCUT2D eigenvalue weighted by atomic mass is 16.5. The number of carbonyl (C=O) groups is 1. The van der Waals surface area contributed by atoms with Crippen LogP contribution in [0, 0.1) is 0 Å². The van der Waals surface area contributed by atoms with Gasteiger partial charge in [0.15, 0.2) is 0 Å². The van der Waals surface area contributed by atoms with E-state index in [1.165, 1.54) is 5.56 Å². The van der Waals surface area contributed by atoms with Crippen LogP contribution in [0.3, 0.4) is 0 Å². The number of imidazole rings is 1. The fourth-order valence-corrected chi connectivity index (χ4v) is 3.34. The van der Waals surface area contributed by atoms with Gasteiger partial charge in [-0.1, -0.05) is 48.5 Å². The molecular weight excluding hydrogens is 364 g/mol. The zero-order chi connectivity index (χ0) is 20.6. The monoisotopic (exact) mass is 392 g/mol. The number of carbonyl (C=O) groups excluding carboxylic acids is 1. The lowest BCUT2D eigenvalue weighted by molar-refractivity contribution is 0.234. The Morgan fingerprint density at radius 3 is 2.52 bits per heavy atom. The maximum Gasteiger partial charge on any atom is 0.315 e. The van der Waals surface area contributed by atoms with Crippen molar-refractivity contribution >= 4 is 6.03 Å². The molecule has 0 saturated heterocycles. The smallest absolute Gasteiger partial charge is 0.315 e. The molecule has 0 unspecified atom stereocenters. The standard InChI is InChI=1S/C23H28N4O2/c1-17(13-14-18-9-5-4-6-10-18)25-23(28)26-21(22-24-15-16-27(22)2)19-11-7-8-12-20(19)29-3/h4-12,15-17,21H,13-14H2,1-3H3,(H2,25,26,28)/t17-,21-/m0/s1. The van der Waals surface area contributed by atoms with Gasteiger partial charge in [0.25, 0.3) is 0 Å². The first-order valence-corrected chi connectivity index (χ1v) is 9.79. The molecule has 6 nitrogen and oxygen atoms in total. The number of aromatic nitrogens is 2. The SMILES string of the molecule is COc1ccccc1[C@H](NC(=O)N[C@@H](C)CCc1ccccc1)c1nccn1C. The summed E-state index contributed by atoms with van der Waals surface area (Å²) in [6.07, 6.45) is 5.36. The topological polar surface area (TPSA) is 68.2 Å². The molecule has 29 heavy (non-hydrogen) atoms. The van der Waals surface area contributed by atoms with Gasteiger partial charge in [0.1, 0.15) is 17.6 Å². The summed E-state index contributed by atoms with van der Waals surface area (Å²) in [7, 11) is 3.53. The molecule has 0 radical (unpaired) electrons. The molecule has 0 saturated carbocycles. The van der Waals surface area contributed by atoms with E-state index in [0.717, 1.165) is 24.2 Å². The van der Waals surface area contributed by atoms with E-state index in [0.29, 0.717) is 5.75 Å². The highest BCUT2D eigenvalue weighted by Crippen LogP contribution is 2.28. The first kappa shape index (κ1) is 20.5. The van der Waals surface area contributed by atoms with Gasteiger partial charge in [-0.05, 0) is 31.4 Å². The Morgan fingerprint density at radius 2 is 1.83 bits per heavy atom. The number of aryl methyl sites for hydroxylation is 2. The van der Waals surface area contributed by atoms with Crippen molar-refractivity contribution in [3.05, 3.63) is 83.9 Å². The Balaban J connectivity index is 1.69. The number of urea groups is 1. The molecule has 0 bridgehead atoms. The molecule has 2 amide bonds. The Bertz CT molecular complexity index is 923. The van der Waals surface area contributed by atoms with Crippen LogP contribution in [0.1, 0.15) is 36.3 Å². The van der Waals surface area contributed by atoms with Crippen LogP contribution < -0.4 is 15.4 Å². The Labute approximate surface area is 171 Å².